The van der Waals surface area contributed by atoms with Crippen molar-refractivity contribution in [1.29, 1.82) is 0 Å². The Hall–Kier alpha value is -3.00. The van der Waals surface area contributed by atoms with E-state index in [9.17, 15) is 0 Å². The van der Waals surface area contributed by atoms with Gasteiger partial charge in [-0.15, -0.1) is 5.10 Å². The van der Waals surface area contributed by atoms with E-state index in [0.29, 0.717) is 0 Å². The number of pyridine rings is 1. The van der Waals surface area contributed by atoms with Gasteiger partial charge in [0.05, 0.1) is 24.1 Å². The van der Waals surface area contributed by atoms with E-state index in [0.717, 1.165) is 52.5 Å². The quantitative estimate of drug-likeness (QED) is 0.589. The molecule has 1 saturated heterocycles. The lowest BCUT2D eigenvalue weighted by Crippen LogP contribution is -2.46. The molecule has 1 aliphatic rings. The molecular formula is C19H21N7O. The summed E-state index contributed by atoms with van der Waals surface area (Å²) >= 11 is 0. The van der Waals surface area contributed by atoms with Crippen molar-refractivity contribution < 1.29 is 4.74 Å². The van der Waals surface area contributed by atoms with Crippen molar-refractivity contribution in [2.75, 3.05) is 18.0 Å². The SMILES string of the molecule is Cc1[nH]nc2ncc(-c3cnc4ccc(N5C[C@@H](C)O[C@@H](C)C5)nn34)cc12. The molecule has 138 valence electrons. The van der Waals surface area contributed by atoms with E-state index in [4.69, 9.17) is 9.84 Å². The lowest BCUT2D eigenvalue weighted by Gasteiger charge is -2.35. The second kappa shape index (κ2) is 6.02. The van der Waals surface area contributed by atoms with E-state index in [1.165, 1.54) is 0 Å². The molecule has 0 bridgehead atoms. The predicted molar refractivity (Wildman–Crippen MR) is 103 cm³/mol. The maximum Gasteiger partial charge on any atom is 0.181 e. The van der Waals surface area contributed by atoms with Crippen LogP contribution < -0.4 is 4.90 Å². The first-order valence-electron chi connectivity index (χ1n) is 9.15. The number of aromatic amines is 1. The summed E-state index contributed by atoms with van der Waals surface area (Å²) in [6.45, 7) is 7.84. The van der Waals surface area contributed by atoms with Crippen LogP contribution in [0.15, 0.2) is 30.6 Å². The Balaban J connectivity index is 1.59. The van der Waals surface area contributed by atoms with Gasteiger partial charge in [-0.25, -0.2) is 14.5 Å². The standard InChI is InChI=1S/C19H21N7O/c1-11-9-25(10-12(2)27-11)18-5-4-17-20-8-16(26(17)24-18)14-6-15-13(3)22-23-19(15)21-7-14/h4-8,11-12H,9-10H2,1-3H3,(H,21,22,23)/t11-,12+. The van der Waals surface area contributed by atoms with Gasteiger partial charge in [-0.1, -0.05) is 0 Å². The molecule has 1 fully saturated rings. The van der Waals surface area contributed by atoms with Crippen molar-refractivity contribution in [3.05, 3.63) is 36.3 Å². The predicted octanol–water partition coefficient (Wildman–Crippen LogP) is 2.59. The molecule has 0 aliphatic carbocycles. The maximum absolute atomic E-state index is 5.84. The van der Waals surface area contributed by atoms with Gasteiger partial charge in [0.2, 0.25) is 0 Å². The minimum absolute atomic E-state index is 0.184. The van der Waals surface area contributed by atoms with E-state index >= 15 is 0 Å². The molecule has 27 heavy (non-hydrogen) atoms. The summed E-state index contributed by atoms with van der Waals surface area (Å²) in [5, 5.41) is 13.1. The van der Waals surface area contributed by atoms with E-state index in [1.54, 1.807) is 0 Å². The molecule has 8 nitrogen and oxygen atoms in total. The van der Waals surface area contributed by atoms with Crippen LogP contribution in [-0.2, 0) is 4.74 Å². The number of aryl methyl sites for hydroxylation is 1. The zero-order valence-electron chi connectivity index (χ0n) is 15.5. The summed E-state index contributed by atoms with van der Waals surface area (Å²) in [6, 6.07) is 6.11. The third kappa shape index (κ3) is 2.73. The Morgan fingerprint density at radius 2 is 1.93 bits per heavy atom. The molecule has 5 rings (SSSR count). The van der Waals surface area contributed by atoms with Gasteiger partial charge in [0, 0.05) is 35.9 Å². The van der Waals surface area contributed by atoms with Crippen LogP contribution in [0.25, 0.3) is 27.9 Å². The largest absolute Gasteiger partial charge is 0.372 e. The smallest absolute Gasteiger partial charge is 0.181 e. The van der Waals surface area contributed by atoms with Crippen molar-refractivity contribution >= 4 is 22.5 Å². The van der Waals surface area contributed by atoms with Gasteiger partial charge >= 0.3 is 0 Å². The summed E-state index contributed by atoms with van der Waals surface area (Å²) in [7, 11) is 0. The Labute approximate surface area is 156 Å². The topological polar surface area (TPSA) is 84.2 Å². The summed E-state index contributed by atoms with van der Waals surface area (Å²) < 4.78 is 7.73. The number of nitrogens with zero attached hydrogens (tertiary/aromatic N) is 6. The molecule has 5 heterocycles. The van der Waals surface area contributed by atoms with Crippen molar-refractivity contribution in [1.82, 2.24) is 29.8 Å². The molecular weight excluding hydrogens is 342 g/mol. The van der Waals surface area contributed by atoms with Crippen molar-refractivity contribution in [2.45, 2.75) is 33.0 Å². The van der Waals surface area contributed by atoms with Gasteiger partial charge in [0.15, 0.2) is 11.3 Å². The highest BCUT2D eigenvalue weighted by Crippen LogP contribution is 2.25. The molecule has 2 atom stereocenters. The Morgan fingerprint density at radius 3 is 2.74 bits per heavy atom. The number of imidazole rings is 1. The number of anilines is 1. The first-order chi connectivity index (χ1) is 13.1. The van der Waals surface area contributed by atoms with Crippen LogP contribution in [0, 0.1) is 6.92 Å². The molecule has 4 aromatic heterocycles. The Bertz CT molecular complexity index is 1120. The van der Waals surface area contributed by atoms with Crippen LogP contribution >= 0.6 is 0 Å². The minimum Gasteiger partial charge on any atom is -0.372 e. The normalized spacial score (nSPS) is 20.6. The number of rotatable bonds is 2. The van der Waals surface area contributed by atoms with E-state index in [2.05, 4.69) is 45.0 Å². The summed E-state index contributed by atoms with van der Waals surface area (Å²) in [5.74, 6) is 0.928. The second-order valence-electron chi connectivity index (χ2n) is 7.21. The summed E-state index contributed by atoms with van der Waals surface area (Å²) in [5.41, 5.74) is 4.41. The fraction of sp³-hybridized carbons (Fsp3) is 0.368. The number of hydrogen-bond donors (Lipinski definition) is 1. The zero-order chi connectivity index (χ0) is 18.5. The first kappa shape index (κ1) is 16.2. The first-order valence-corrected chi connectivity index (χ1v) is 9.15. The third-order valence-electron chi connectivity index (χ3n) is 4.99. The van der Waals surface area contributed by atoms with Crippen LogP contribution in [0.1, 0.15) is 19.5 Å². The number of morpholine rings is 1. The molecule has 0 saturated carbocycles. The van der Waals surface area contributed by atoms with Gasteiger partial charge in [-0.2, -0.15) is 5.10 Å². The van der Waals surface area contributed by atoms with Gasteiger partial charge in [-0.05, 0) is 39.0 Å². The lowest BCUT2D eigenvalue weighted by molar-refractivity contribution is -0.00551. The highest BCUT2D eigenvalue weighted by Gasteiger charge is 2.24. The fourth-order valence-electron chi connectivity index (χ4n) is 3.75. The zero-order valence-corrected chi connectivity index (χ0v) is 15.5. The average Bonchev–Trinajstić information content (AvgIpc) is 3.24. The monoisotopic (exact) mass is 363 g/mol. The highest BCUT2D eigenvalue weighted by atomic mass is 16.5. The van der Waals surface area contributed by atoms with Crippen LogP contribution in [0.3, 0.4) is 0 Å². The van der Waals surface area contributed by atoms with Gasteiger partial charge in [-0.3, -0.25) is 5.10 Å². The Kier molecular flexibility index (Phi) is 3.61. The van der Waals surface area contributed by atoms with Crippen LogP contribution in [-0.4, -0.2) is 55.1 Å². The molecule has 1 N–H and O–H groups in total. The highest BCUT2D eigenvalue weighted by molar-refractivity contribution is 5.82. The van der Waals surface area contributed by atoms with Crippen LogP contribution in [0.5, 0.6) is 0 Å². The molecule has 8 heteroatoms. The fourth-order valence-corrected chi connectivity index (χ4v) is 3.75. The molecule has 0 radical (unpaired) electrons. The minimum atomic E-state index is 0.184. The summed E-state index contributed by atoms with van der Waals surface area (Å²) in [4.78, 5) is 11.2. The van der Waals surface area contributed by atoms with E-state index < -0.39 is 0 Å². The van der Waals surface area contributed by atoms with E-state index in [1.807, 2.05) is 36.0 Å². The summed E-state index contributed by atoms with van der Waals surface area (Å²) in [6.07, 6.45) is 4.03. The number of aromatic nitrogens is 6. The average molecular weight is 363 g/mol. The number of hydrogen-bond acceptors (Lipinski definition) is 6. The van der Waals surface area contributed by atoms with Crippen molar-refractivity contribution in [3.8, 4) is 11.3 Å². The number of H-pyrrole nitrogens is 1. The Morgan fingerprint density at radius 1 is 1.11 bits per heavy atom. The second-order valence-corrected chi connectivity index (χ2v) is 7.21. The molecule has 1 aliphatic heterocycles. The van der Waals surface area contributed by atoms with Gasteiger partial charge in [0.25, 0.3) is 0 Å². The van der Waals surface area contributed by atoms with E-state index in [-0.39, 0.29) is 12.2 Å². The number of fused-ring (bicyclic) bond motifs is 2. The molecule has 0 unspecified atom stereocenters. The molecule has 0 aromatic carbocycles. The van der Waals surface area contributed by atoms with Crippen molar-refractivity contribution in [3.63, 3.8) is 0 Å². The molecule has 0 spiro atoms. The van der Waals surface area contributed by atoms with Crippen molar-refractivity contribution in [2.24, 2.45) is 0 Å². The number of nitrogens with one attached hydrogen (secondary N) is 1. The maximum atomic E-state index is 5.84. The van der Waals surface area contributed by atoms with Gasteiger partial charge < -0.3 is 9.64 Å². The lowest BCUT2D eigenvalue weighted by atomic mass is 10.1. The molecule has 0 amide bonds. The van der Waals surface area contributed by atoms with Crippen LogP contribution in [0.2, 0.25) is 0 Å². The third-order valence-corrected chi connectivity index (χ3v) is 4.99. The van der Waals surface area contributed by atoms with Gasteiger partial charge in [0.1, 0.15) is 5.82 Å². The number of ether oxygens (including phenoxy) is 1. The van der Waals surface area contributed by atoms with Crippen LogP contribution in [0.4, 0.5) is 5.82 Å². The molecule has 4 aromatic rings.